The molecule has 0 aliphatic heterocycles. The number of nitrogens with two attached hydrogens (primary N) is 1. The van der Waals surface area contributed by atoms with Crippen molar-refractivity contribution in [3.63, 3.8) is 0 Å². The van der Waals surface area contributed by atoms with Crippen LogP contribution in [0, 0.1) is 0 Å². The van der Waals surface area contributed by atoms with Gasteiger partial charge in [-0.25, -0.2) is 4.98 Å². The Kier molecular flexibility index (Phi) is 2.97. The Labute approximate surface area is 118 Å². The number of imidazole rings is 1. The second-order valence-electron chi connectivity index (χ2n) is 5.02. The predicted molar refractivity (Wildman–Crippen MR) is 80.5 cm³/mol. The lowest BCUT2D eigenvalue weighted by Gasteiger charge is -2.16. The van der Waals surface area contributed by atoms with Crippen LogP contribution in [0.5, 0.6) is 0 Å². The summed E-state index contributed by atoms with van der Waals surface area (Å²) in [6.07, 6.45) is 0.855. The van der Waals surface area contributed by atoms with Crippen LogP contribution in [0.25, 0.3) is 11.2 Å². The van der Waals surface area contributed by atoms with E-state index in [9.17, 15) is 0 Å². The van der Waals surface area contributed by atoms with Crippen molar-refractivity contribution in [2.45, 2.75) is 26.3 Å². The van der Waals surface area contributed by atoms with Crippen LogP contribution in [0.15, 0.2) is 30.3 Å². The molecule has 0 spiro atoms. The Morgan fingerprint density at radius 3 is 2.60 bits per heavy atom. The van der Waals surface area contributed by atoms with E-state index in [1.54, 1.807) is 0 Å². The minimum absolute atomic E-state index is 0.126. The summed E-state index contributed by atoms with van der Waals surface area (Å²) in [6.45, 7) is 4.21. The van der Waals surface area contributed by atoms with E-state index in [2.05, 4.69) is 40.6 Å². The molecule has 3 rings (SSSR count). The maximum Gasteiger partial charge on any atom is 0.203 e. The number of hydrogen-bond acceptors (Lipinski definition) is 3. The van der Waals surface area contributed by atoms with Gasteiger partial charge >= 0.3 is 0 Å². The zero-order chi connectivity index (χ0) is 14.3. The normalized spacial score (nSPS) is 12.9. The van der Waals surface area contributed by atoms with Crippen molar-refractivity contribution in [2.75, 3.05) is 5.73 Å². The maximum atomic E-state index is 6.14. The van der Waals surface area contributed by atoms with Crippen molar-refractivity contribution in [1.29, 1.82) is 0 Å². The summed E-state index contributed by atoms with van der Waals surface area (Å²) in [5.41, 5.74) is 10.2. The summed E-state index contributed by atoms with van der Waals surface area (Å²) in [7, 11) is 1.94. The molecule has 2 N–H and O–H groups in total. The molecule has 1 atom stereocenters. The number of benzene rings is 1. The van der Waals surface area contributed by atoms with E-state index in [-0.39, 0.29) is 6.04 Å². The van der Waals surface area contributed by atoms with Crippen molar-refractivity contribution in [3.8, 4) is 0 Å². The van der Waals surface area contributed by atoms with Crippen molar-refractivity contribution in [2.24, 2.45) is 7.05 Å². The summed E-state index contributed by atoms with van der Waals surface area (Å²) in [6, 6.07) is 10.4. The number of nitrogens with zero attached hydrogens (tertiary/aromatic N) is 4. The number of rotatable bonds is 3. The Bertz CT molecular complexity index is 739. The maximum absolute atomic E-state index is 6.14. The van der Waals surface area contributed by atoms with Crippen LogP contribution >= 0.6 is 0 Å². The molecule has 0 amide bonds. The van der Waals surface area contributed by atoms with Crippen LogP contribution in [-0.2, 0) is 13.5 Å². The van der Waals surface area contributed by atoms with Crippen LogP contribution in [-0.4, -0.2) is 19.3 Å². The number of aromatic nitrogens is 4. The van der Waals surface area contributed by atoms with Gasteiger partial charge in [0, 0.05) is 7.05 Å². The lowest BCUT2D eigenvalue weighted by Crippen LogP contribution is -2.12. The number of hydrogen-bond donors (Lipinski definition) is 1. The first-order valence-electron chi connectivity index (χ1n) is 6.87. The SMILES string of the molecule is CCc1nn(C)c2c1nc(N)n2C(C)c1ccccc1. The first-order valence-corrected chi connectivity index (χ1v) is 6.87. The fourth-order valence-electron chi connectivity index (χ4n) is 2.72. The number of anilines is 1. The van der Waals surface area contributed by atoms with E-state index in [1.165, 1.54) is 5.56 Å². The van der Waals surface area contributed by atoms with E-state index in [0.29, 0.717) is 5.95 Å². The van der Waals surface area contributed by atoms with Gasteiger partial charge in [0.05, 0.1) is 11.7 Å². The third-order valence-corrected chi connectivity index (χ3v) is 3.77. The zero-order valence-electron chi connectivity index (χ0n) is 12.0. The van der Waals surface area contributed by atoms with E-state index in [4.69, 9.17) is 5.73 Å². The van der Waals surface area contributed by atoms with Gasteiger partial charge in [0.25, 0.3) is 0 Å². The monoisotopic (exact) mass is 269 g/mol. The van der Waals surface area contributed by atoms with Crippen molar-refractivity contribution < 1.29 is 0 Å². The molecule has 104 valence electrons. The minimum Gasteiger partial charge on any atom is -0.369 e. The molecule has 1 unspecified atom stereocenters. The van der Waals surface area contributed by atoms with Gasteiger partial charge in [-0.05, 0) is 18.9 Å². The molecule has 0 bridgehead atoms. The molecule has 2 aromatic heterocycles. The molecule has 0 radical (unpaired) electrons. The van der Waals surface area contributed by atoms with Crippen LogP contribution in [0.1, 0.15) is 31.1 Å². The Morgan fingerprint density at radius 2 is 1.95 bits per heavy atom. The molecular formula is C15H19N5. The molecule has 1 aromatic carbocycles. The molecule has 5 heteroatoms. The van der Waals surface area contributed by atoms with Gasteiger partial charge in [0.1, 0.15) is 5.52 Å². The summed E-state index contributed by atoms with van der Waals surface area (Å²) < 4.78 is 3.92. The molecule has 2 heterocycles. The van der Waals surface area contributed by atoms with Crippen LogP contribution < -0.4 is 5.73 Å². The van der Waals surface area contributed by atoms with Crippen molar-refractivity contribution in [3.05, 3.63) is 41.6 Å². The van der Waals surface area contributed by atoms with Crippen molar-refractivity contribution in [1.82, 2.24) is 19.3 Å². The van der Waals surface area contributed by atoms with Crippen molar-refractivity contribution >= 4 is 17.1 Å². The average Bonchev–Trinajstić information content (AvgIpc) is 2.96. The van der Waals surface area contributed by atoms with Gasteiger partial charge in [0.2, 0.25) is 5.95 Å². The molecule has 0 fully saturated rings. The molecule has 3 aromatic rings. The second kappa shape index (κ2) is 4.67. The Morgan fingerprint density at radius 1 is 1.25 bits per heavy atom. The highest BCUT2D eigenvalue weighted by Gasteiger charge is 2.21. The highest BCUT2D eigenvalue weighted by atomic mass is 15.4. The summed E-state index contributed by atoms with van der Waals surface area (Å²) in [5.74, 6) is 0.541. The lowest BCUT2D eigenvalue weighted by molar-refractivity contribution is 0.635. The predicted octanol–water partition coefficient (Wildman–Crippen LogP) is 2.52. The van der Waals surface area contributed by atoms with Gasteiger partial charge in [-0.2, -0.15) is 5.10 Å². The summed E-state index contributed by atoms with van der Waals surface area (Å²) >= 11 is 0. The van der Waals surface area contributed by atoms with Gasteiger partial charge in [-0.1, -0.05) is 37.3 Å². The van der Waals surface area contributed by atoms with Gasteiger partial charge in [0.15, 0.2) is 5.65 Å². The molecule has 0 saturated carbocycles. The molecule has 0 aliphatic rings. The average molecular weight is 269 g/mol. The molecule has 5 nitrogen and oxygen atoms in total. The first-order chi connectivity index (χ1) is 9.63. The second-order valence-corrected chi connectivity index (χ2v) is 5.02. The number of aryl methyl sites for hydroxylation is 2. The summed E-state index contributed by atoms with van der Waals surface area (Å²) in [5, 5.41) is 4.52. The Balaban J connectivity index is 2.21. The van der Waals surface area contributed by atoms with Gasteiger partial charge in [-0.3, -0.25) is 9.25 Å². The van der Waals surface area contributed by atoms with E-state index in [1.807, 2.05) is 29.9 Å². The standard InChI is InChI=1S/C15H19N5/c1-4-12-13-14(19(3)18-12)20(15(16)17-13)10(2)11-8-6-5-7-9-11/h5-10H,4H2,1-3H3,(H2,16,17). The van der Waals surface area contributed by atoms with Crippen LogP contribution in [0.4, 0.5) is 5.95 Å². The zero-order valence-corrected chi connectivity index (χ0v) is 12.0. The highest BCUT2D eigenvalue weighted by molar-refractivity contribution is 5.78. The fourth-order valence-corrected chi connectivity index (χ4v) is 2.72. The van der Waals surface area contributed by atoms with Crippen LogP contribution in [0.3, 0.4) is 0 Å². The smallest absolute Gasteiger partial charge is 0.203 e. The largest absolute Gasteiger partial charge is 0.369 e. The molecule has 0 saturated heterocycles. The Hall–Kier alpha value is -2.30. The summed E-state index contributed by atoms with van der Waals surface area (Å²) in [4.78, 5) is 4.51. The van der Waals surface area contributed by atoms with E-state index >= 15 is 0 Å². The quantitative estimate of drug-likeness (QED) is 0.794. The number of nitrogen functional groups attached to an aromatic ring is 1. The van der Waals surface area contributed by atoms with Crippen LogP contribution in [0.2, 0.25) is 0 Å². The van der Waals surface area contributed by atoms with Gasteiger partial charge in [-0.15, -0.1) is 0 Å². The fraction of sp³-hybridized carbons (Fsp3) is 0.333. The molecular weight excluding hydrogens is 250 g/mol. The topological polar surface area (TPSA) is 61.7 Å². The van der Waals surface area contributed by atoms with Gasteiger partial charge < -0.3 is 5.73 Å². The molecule has 20 heavy (non-hydrogen) atoms. The highest BCUT2D eigenvalue weighted by Crippen LogP contribution is 2.28. The lowest BCUT2D eigenvalue weighted by atomic mass is 10.1. The third kappa shape index (κ3) is 1.78. The minimum atomic E-state index is 0.126. The van der Waals surface area contributed by atoms with E-state index < -0.39 is 0 Å². The first kappa shape index (κ1) is 12.7. The molecule has 0 aliphatic carbocycles. The third-order valence-electron chi connectivity index (χ3n) is 3.77. The number of fused-ring (bicyclic) bond motifs is 1. The van der Waals surface area contributed by atoms with E-state index in [0.717, 1.165) is 23.3 Å².